The average molecular weight is 306 g/mol. The highest BCUT2D eigenvalue weighted by Gasteiger charge is 2.27. The van der Waals surface area contributed by atoms with Crippen molar-refractivity contribution in [3.05, 3.63) is 23.8 Å². The van der Waals surface area contributed by atoms with Crippen molar-refractivity contribution < 1.29 is 19.4 Å². The van der Waals surface area contributed by atoms with Gasteiger partial charge in [-0.05, 0) is 45.9 Å². The molecule has 2 unspecified atom stereocenters. The van der Waals surface area contributed by atoms with E-state index in [1.807, 2.05) is 13.8 Å². The van der Waals surface area contributed by atoms with Crippen LogP contribution in [0.1, 0.15) is 38.1 Å². The third-order valence-corrected chi connectivity index (χ3v) is 3.62. The van der Waals surface area contributed by atoms with Gasteiger partial charge in [-0.15, -0.1) is 0 Å². The molecule has 0 aliphatic carbocycles. The molecule has 1 heterocycles. The van der Waals surface area contributed by atoms with Gasteiger partial charge in [0.25, 0.3) is 0 Å². The quantitative estimate of drug-likeness (QED) is 0.720. The summed E-state index contributed by atoms with van der Waals surface area (Å²) < 4.78 is 5.84. The number of carbonyl (C=O) groups excluding carboxylic acids is 1. The lowest BCUT2D eigenvalue weighted by Crippen LogP contribution is -2.44. The minimum atomic E-state index is -0.984. The summed E-state index contributed by atoms with van der Waals surface area (Å²) in [5.41, 5.74) is 1.01. The minimum absolute atomic E-state index is 0.150. The number of fused-ring (bicyclic) bond motifs is 1. The Balaban J connectivity index is 2.13. The van der Waals surface area contributed by atoms with Crippen molar-refractivity contribution in [2.75, 3.05) is 11.9 Å². The molecule has 1 aliphatic rings. The molecule has 3 N–H and O–H groups in total. The van der Waals surface area contributed by atoms with Crippen LogP contribution >= 0.6 is 0 Å². The Morgan fingerprint density at radius 3 is 2.64 bits per heavy atom. The summed E-state index contributed by atoms with van der Waals surface area (Å²) in [5.74, 6) is -0.419. The van der Waals surface area contributed by atoms with Crippen LogP contribution in [0.3, 0.4) is 0 Å². The second-order valence-corrected chi connectivity index (χ2v) is 6.24. The Labute approximate surface area is 129 Å². The van der Waals surface area contributed by atoms with Gasteiger partial charge in [0.2, 0.25) is 0 Å². The molecule has 2 rings (SSSR count). The van der Waals surface area contributed by atoms with E-state index in [0.29, 0.717) is 17.9 Å². The maximum Gasteiger partial charge on any atom is 0.320 e. The largest absolute Gasteiger partial charge is 0.484 e. The molecule has 22 heavy (non-hydrogen) atoms. The van der Waals surface area contributed by atoms with E-state index in [-0.39, 0.29) is 11.4 Å². The first-order valence-corrected chi connectivity index (χ1v) is 7.29. The molecule has 120 valence electrons. The first-order chi connectivity index (χ1) is 10.2. The zero-order valence-electron chi connectivity index (χ0n) is 13.3. The van der Waals surface area contributed by atoms with Crippen molar-refractivity contribution in [1.29, 1.82) is 0 Å². The normalized spacial score (nSPS) is 18.4. The number of Topliss-reactive ketones (excluding diaryl/α,β-unsaturated/α-hetero) is 1. The van der Waals surface area contributed by atoms with Gasteiger partial charge < -0.3 is 15.2 Å². The summed E-state index contributed by atoms with van der Waals surface area (Å²) in [5, 5.41) is 14.9. The molecule has 2 atom stereocenters. The van der Waals surface area contributed by atoms with E-state index in [4.69, 9.17) is 9.84 Å². The van der Waals surface area contributed by atoms with Gasteiger partial charge in [0.1, 0.15) is 17.4 Å². The summed E-state index contributed by atoms with van der Waals surface area (Å²) in [6.07, 6.45) is 0. The van der Waals surface area contributed by atoms with E-state index >= 15 is 0 Å². The lowest BCUT2D eigenvalue weighted by molar-refractivity contribution is -0.139. The zero-order chi connectivity index (χ0) is 16.5. The third-order valence-electron chi connectivity index (χ3n) is 3.62. The average Bonchev–Trinajstić information content (AvgIpc) is 2.44. The molecule has 0 radical (unpaired) electrons. The van der Waals surface area contributed by atoms with Gasteiger partial charge in [-0.2, -0.15) is 0 Å². The van der Waals surface area contributed by atoms with Crippen LogP contribution < -0.4 is 15.4 Å². The number of nitrogens with one attached hydrogen (secondary N) is 2. The SMILES string of the molecule is CC(NC(C)C(=O)c1ccc2c(c1)NCC(C)(C)O2)C(=O)O. The van der Waals surface area contributed by atoms with Gasteiger partial charge in [0.05, 0.1) is 18.3 Å². The number of ketones is 1. The second-order valence-electron chi connectivity index (χ2n) is 6.24. The van der Waals surface area contributed by atoms with Gasteiger partial charge in [-0.25, -0.2) is 0 Å². The first-order valence-electron chi connectivity index (χ1n) is 7.29. The summed E-state index contributed by atoms with van der Waals surface area (Å²) in [4.78, 5) is 23.2. The van der Waals surface area contributed by atoms with Crippen molar-refractivity contribution >= 4 is 17.4 Å². The fourth-order valence-electron chi connectivity index (χ4n) is 2.32. The Kier molecular flexibility index (Phi) is 4.42. The molecule has 1 aliphatic heterocycles. The molecule has 6 heteroatoms. The molecule has 0 saturated carbocycles. The van der Waals surface area contributed by atoms with E-state index < -0.39 is 18.1 Å². The fraction of sp³-hybridized carbons (Fsp3) is 0.500. The third kappa shape index (κ3) is 3.57. The Morgan fingerprint density at radius 1 is 1.32 bits per heavy atom. The lowest BCUT2D eigenvalue weighted by atomic mass is 10.0. The lowest BCUT2D eigenvalue weighted by Gasteiger charge is -2.33. The summed E-state index contributed by atoms with van der Waals surface area (Å²) >= 11 is 0. The predicted octanol–water partition coefficient (Wildman–Crippen LogP) is 1.90. The Hall–Kier alpha value is -2.08. The molecule has 0 bridgehead atoms. The molecule has 1 aromatic carbocycles. The van der Waals surface area contributed by atoms with Gasteiger partial charge in [-0.3, -0.25) is 14.9 Å². The molecule has 0 amide bonds. The molecule has 0 aromatic heterocycles. The number of hydrogen-bond acceptors (Lipinski definition) is 5. The number of carboxylic acid groups (broad SMARTS) is 1. The van der Waals surface area contributed by atoms with Crippen molar-refractivity contribution in [2.45, 2.75) is 45.4 Å². The number of hydrogen-bond donors (Lipinski definition) is 3. The first kappa shape index (κ1) is 16.3. The van der Waals surface area contributed by atoms with Crippen LogP contribution in [0.25, 0.3) is 0 Å². The molecular weight excluding hydrogens is 284 g/mol. The van der Waals surface area contributed by atoms with Crippen LogP contribution in [0, 0.1) is 0 Å². The molecular formula is C16H22N2O4. The number of anilines is 1. The van der Waals surface area contributed by atoms with Crippen molar-refractivity contribution in [3.63, 3.8) is 0 Å². The standard InChI is InChI=1S/C16H22N2O4/c1-9(18-10(2)15(20)21)14(19)11-5-6-13-12(7-11)17-8-16(3,4)22-13/h5-7,9-10,17-18H,8H2,1-4H3,(H,20,21). The summed E-state index contributed by atoms with van der Waals surface area (Å²) in [6, 6.07) is 3.86. The smallest absolute Gasteiger partial charge is 0.320 e. The topological polar surface area (TPSA) is 87.7 Å². The monoisotopic (exact) mass is 306 g/mol. The van der Waals surface area contributed by atoms with E-state index in [1.165, 1.54) is 6.92 Å². The molecule has 0 fully saturated rings. The van der Waals surface area contributed by atoms with Crippen LogP contribution in [0.15, 0.2) is 18.2 Å². The summed E-state index contributed by atoms with van der Waals surface area (Å²) in [6.45, 7) is 7.80. The van der Waals surface area contributed by atoms with E-state index in [2.05, 4.69) is 10.6 Å². The second kappa shape index (κ2) is 5.96. The maximum atomic E-state index is 12.4. The van der Waals surface area contributed by atoms with E-state index in [1.54, 1.807) is 25.1 Å². The fourth-order valence-corrected chi connectivity index (χ4v) is 2.32. The zero-order valence-corrected chi connectivity index (χ0v) is 13.3. The Morgan fingerprint density at radius 2 is 2.00 bits per heavy atom. The van der Waals surface area contributed by atoms with Crippen molar-refractivity contribution in [2.24, 2.45) is 0 Å². The molecule has 0 saturated heterocycles. The summed E-state index contributed by atoms with van der Waals surface area (Å²) in [7, 11) is 0. The van der Waals surface area contributed by atoms with Crippen LogP contribution in [-0.4, -0.2) is 41.1 Å². The highest BCUT2D eigenvalue weighted by molar-refractivity contribution is 6.01. The van der Waals surface area contributed by atoms with Gasteiger partial charge in [-0.1, -0.05) is 0 Å². The van der Waals surface area contributed by atoms with Crippen LogP contribution in [-0.2, 0) is 4.79 Å². The molecule has 1 aromatic rings. The minimum Gasteiger partial charge on any atom is -0.484 e. The van der Waals surface area contributed by atoms with Gasteiger partial charge >= 0.3 is 5.97 Å². The van der Waals surface area contributed by atoms with Crippen LogP contribution in [0.2, 0.25) is 0 Å². The number of benzene rings is 1. The predicted molar refractivity (Wildman–Crippen MR) is 83.7 cm³/mol. The maximum absolute atomic E-state index is 12.4. The van der Waals surface area contributed by atoms with Gasteiger partial charge in [0, 0.05) is 5.56 Å². The van der Waals surface area contributed by atoms with Crippen LogP contribution in [0.4, 0.5) is 5.69 Å². The van der Waals surface area contributed by atoms with E-state index in [9.17, 15) is 9.59 Å². The highest BCUT2D eigenvalue weighted by atomic mass is 16.5. The number of aliphatic carboxylic acids is 1. The molecule has 6 nitrogen and oxygen atoms in total. The number of ether oxygens (including phenoxy) is 1. The van der Waals surface area contributed by atoms with Crippen LogP contribution in [0.5, 0.6) is 5.75 Å². The van der Waals surface area contributed by atoms with Crippen molar-refractivity contribution in [3.8, 4) is 5.75 Å². The van der Waals surface area contributed by atoms with Crippen molar-refractivity contribution in [1.82, 2.24) is 5.32 Å². The number of rotatable bonds is 5. The van der Waals surface area contributed by atoms with E-state index in [0.717, 1.165) is 5.69 Å². The number of carboxylic acids is 1. The number of carbonyl (C=O) groups is 2. The highest BCUT2D eigenvalue weighted by Crippen LogP contribution is 2.33. The molecule has 0 spiro atoms. The Bertz CT molecular complexity index is 598. The van der Waals surface area contributed by atoms with Gasteiger partial charge in [0.15, 0.2) is 5.78 Å².